The highest BCUT2D eigenvalue weighted by Crippen LogP contribution is 2.16. The Balaban J connectivity index is 2.83. The highest BCUT2D eigenvalue weighted by Gasteiger charge is 2.10. The predicted octanol–water partition coefficient (Wildman–Crippen LogP) is 1.90. The van der Waals surface area contributed by atoms with Gasteiger partial charge >= 0.3 is 0 Å². The third kappa shape index (κ3) is 4.40. The number of nitrogens with one attached hydrogen (secondary N) is 1. The molecule has 0 aliphatic rings. The van der Waals surface area contributed by atoms with Crippen molar-refractivity contribution in [2.45, 2.75) is 39.7 Å². The molecule has 1 heterocycles. The Hall–Kier alpha value is -1.00. The van der Waals surface area contributed by atoms with Crippen LogP contribution in [-0.4, -0.2) is 30.2 Å². The van der Waals surface area contributed by atoms with Crippen LogP contribution in [0.4, 0.5) is 0 Å². The standard InChI is InChI=1S/C13H23N3O/c1-5-14-8-11-9-15-12(6-7-17-4)16-13(11)10(2)3/h9-10,14H,5-8H2,1-4H3. The SMILES string of the molecule is CCNCc1cnc(CCOC)nc1C(C)C. The van der Waals surface area contributed by atoms with Crippen LogP contribution < -0.4 is 5.32 Å². The second-order valence-corrected chi connectivity index (χ2v) is 4.37. The van der Waals surface area contributed by atoms with Gasteiger partial charge < -0.3 is 10.1 Å². The van der Waals surface area contributed by atoms with Gasteiger partial charge in [0.1, 0.15) is 5.82 Å². The molecule has 1 aromatic rings. The minimum atomic E-state index is 0.424. The number of methoxy groups -OCH3 is 1. The van der Waals surface area contributed by atoms with Crippen LogP contribution in [0.1, 0.15) is 43.8 Å². The van der Waals surface area contributed by atoms with Gasteiger partial charge in [-0.2, -0.15) is 0 Å². The van der Waals surface area contributed by atoms with E-state index in [1.54, 1.807) is 7.11 Å². The third-order valence-corrected chi connectivity index (χ3v) is 2.59. The Labute approximate surface area is 104 Å². The number of rotatable bonds is 7. The maximum absolute atomic E-state index is 5.05. The first-order chi connectivity index (χ1) is 8.19. The molecule has 96 valence electrons. The molecule has 0 unspecified atom stereocenters. The molecule has 0 aromatic carbocycles. The topological polar surface area (TPSA) is 47.0 Å². The lowest BCUT2D eigenvalue weighted by molar-refractivity contribution is 0.200. The molecule has 1 rings (SSSR count). The lowest BCUT2D eigenvalue weighted by atomic mass is 10.0. The van der Waals surface area contributed by atoms with Gasteiger partial charge in [0.2, 0.25) is 0 Å². The number of ether oxygens (including phenoxy) is 1. The van der Waals surface area contributed by atoms with E-state index >= 15 is 0 Å². The second kappa shape index (κ2) is 7.35. The van der Waals surface area contributed by atoms with E-state index < -0.39 is 0 Å². The Bertz CT molecular complexity index is 339. The molecule has 1 N–H and O–H groups in total. The quantitative estimate of drug-likeness (QED) is 0.787. The molecule has 0 amide bonds. The summed E-state index contributed by atoms with van der Waals surface area (Å²) in [5.41, 5.74) is 2.34. The number of nitrogens with zero attached hydrogens (tertiary/aromatic N) is 2. The van der Waals surface area contributed by atoms with E-state index in [9.17, 15) is 0 Å². The summed E-state index contributed by atoms with van der Waals surface area (Å²) >= 11 is 0. The van der Waals surface area contributed by atoms with Crippen LogP contribution in [-0.2, 0) is 17.7 Å². The zero-order valence-electron chi connectivity index (χ0n) is 11.3. The molecule has 0 aliphatic heterocycles. The average Bonchev–Trinajstić information content (AvgIpc) is 2.34. The van der Waals surface area contributed by atoms with Crippen molar-refractivity contribution in [1.29, 1.82) is 0 Å². The van der Waals surface area contributed by atoms with Crippen LogP contribution in [0.15, 0.2) is 6.20 Å². The third-order valence-electron chi connectivity index (χ3n) is 2.59. The van der Waals surface area contributed by atoms with Crippen LogP contribution in [0, 0.1) is 0 Å². The summed E-state index contributed by atoms with van der Waals surface area (Å²) in [6, 6.07) is 0. The zero-order valence-corrected chi connectivity index (χ0v) is 11.3. The van der Waals surface area contributed by atoms with Crippen molar-refractivity contribution in [3.8, 4) is 0 Å². The van der Waals surface area contributed by atoms with Gasteiger partial charge in [0, 0.05) is 31.8 Å². The maximum atomic E-state index is 5.05. The molecular weight excluding hydrogens is 214 g/mol. The van der Waals surface area contributed by atoms with Gasteiger partial charge in [-0.3, -0.25) is 0 Å². The van der Waals surface area contributed by atoms with Gasteiger partial charge in [-0.1, -0.05) is 20.8 Å². The van der Waals surface area contributed by atoms with E-state index in [1.807, 2.05) is 6.20 Å². The molecule has 0 spiro atoms. The van der Waals surface area contributed by atoms with Crippen molar-refractivity contribution < 1.29 is 4.74 Å². The Morgan fingerprint density at radius 2 is 2.18 bits per heavy atom. The minimum Gasteiger partial charge on any atom is -0.384 e. The highest BCUT2D eigenvalue weighted by molar-refractivity contribution is 5.20. The average molecular weight is 237 g/mol. The van der Waals surface area contributed by atoms with Crippen molar-refractivity contribution in [2.24, 2.45) is 0 Å². The van der Waals surface area contributed by atoms with Gasteiger partial charge in [-0.15, -0.1) is 0 Å². The van der Waals surface area contributed by atoms with Crippen molar-refractivity contribution in [3.05, 3.63) is 23.3 Å². The summed E-state index contributed by atoms with van der Waals surface area (Å²) in [6.07, 6.45) is 2.72. The smallest absolute Gasteiger partial charge is 0.130 e. The largest absolute Gasteiger partial charge is 0.384 e. The van der Waals surface area contributed by atoms with Crippen LogP contribution in [0.2, 0.25) is 0 Å². The minimum absolute atomic E-state index is 0.424. The van der Waals surface area contributed by atoms with Crippen molar-refractivity contribution in [3.63, 3.8) is 0 Å². The number of hydrogen-bond donors (Lipinski definition) is 1. The molecule has 4 nitrogen and oxygen atoms in total. The second-order valence-electron chi connectivity index (χ2n) is 4.37. The van der Waals surface area contributed by atoms with E-state index in [1.165, 1.54) is 5.56 Å². The molecule has 0 bridgehead atoms. The van der Waals surface area contributed by atoms with E-state index in [2.05, 4.69) is 36.1 Å². The van der Waals surface area contributed by atoms with Crippen molar-refractivity contribution in [2.75, 3.05) is 20.3 Å². The molecule has 0 fully saturated rings. The first kappa shape index (κ1) is 14.1. The van der Waals surface area contributed by atoms with Gasteiger partial charge in [0.05, 0.1) is 12.3 Å². The summed E-state index contributed by atoms with van der Waals surface area (Å²) < 4.78 is 5.05. The molecule has 4 heteroatoms. The monoisotopic (exact) mass is 237 g/mol. The zero-order chi connectivity index (χ0) is 12.7. The number of aromatic nitrogens is 2. The van der Waals surface area contributed by atoms with E-state index in [-0.39, 0.29) is 0 Å². The van der Waals surface area contributed by atoms with Gasteiger partial charge in [0.25, 0.3) is 0 Å². The van der Waals surface area contributed by atoms with Gasteiger partial charge in [-0.25, -0.2) is 9.97 Å². The molecule has 0 radical (unpaired) electrons. The van der Waals surface area contributed by atoms with E-state index in [0.717, 1.165) is 31.0 Å². The first-order valence-electron chi connectivity index (χ1n) is 6.23. The fraction of sp³-hybridized carbons (Fsp3) is 0.692. The van der Waals surface area contributed by atoms with Crippen LogP contribution in [0.25, 0.3) is 0 Å². The molecule has 0 saturated carbocycles. The molecule has 0 saturated heterocycles. The Kier molecular flexibility index (Phi) is 6.08. The fourth-order valence-electron chi connectivity index (χ4n) is 1.67. The summed E-state index contributed by atoms with van der Waals surface area (Å²) in [6.45, 7) is 8.90. The lowest BCUT2D eigenvalue weighted by Gasteiger charge is -2.13. The predicted molar refractivity (Wildman–Crippen MR) is 69.1 cm³/mol. The van der Waals surface area contributed by atoms with Crippen LogP contribution in [0.3, 0.4) is 0 Å². The number of hydrogen-bond acceptors (Lipinski definition) is 4. The molecule has 0 atom stereocenters. The summed E-state index contributed by atoms with van der Waals surface area (Å²) in [5, 5.41) is 3.32. The first-order valence-corrected chi connectivity index (χ1v) is 6.23. The molecule has 17 heavy (non-hydrogen) atoms. The van der Waals surface area contributed by atoms with E-state index in [0.29, 0.717) is 12.5 Å². The van der Waals surface area contributed by atoms with Crippen LogP contribution >= 0.6 is 0 Å². The summed E-state index contributed by atoms with van der Waals surface area (Å²) in [5.74, 6) is 1.30. The molecule has 1 aromatic heterocycles. The lowest BCUT2D eigenvalue weighted by Crippen LogP contribution is -2.16. The van der Waals surface area contributed by atoms with Gasteiger partial charge in [0.15, 0.2) is 0 Å². The normalized spacial score (nSPS) is 11.1. The Morgan fingerprint density at radius 1 is 1.41 bits per heavy atom. The van der Waals surface area contributed by atoms with Crippen LogP contribution in [0.5, 0.6) is 0 Å². The fourth-order valence-corrected chi connectivity index (χ4v) is 1.67. The maximum Gasteiger partial charge on any atom is 0.130 e. The van der Waals surface area contributed by atoms with E-state index in [4.69, 9.17) is 4.74 Å². The highest BCUT2D eigenvalue weighted by atomic mass is 16.5. The molecular formula is C13H23N3O. The summed E-state index contributed by atoms with van der Waals surface area (Å²) in [7, 11) is 1.70. The molecule has 0 aliphatic carbocycles. The van der Waals surface area contributed by atoms with Crippen molar-refractivity contribution >= 4 is 0 Å². The Morgan fingerprint density at radius 3 is 2.76 bits per heavy atom. The van der Waals surface area contributed by atoms with Gasteiger partial charge in [-0.05, 0) is 12.5 Å². The summed E-state index contributed by atoms with van der Waals surface area (Å²) in [4.78, 5) is 9.01. The van der Waals surface area contributed by atoms with Crippen molar-refractivity contribution in [1.82, 2.24) is 15.3 Å².